The Bertz CT molecular complexity index is 567. The average Bonchev–Trinajstić information content (AvgIpc) is 2.28. The van der Waals surface area contributed by atoms with Crippen LogP contribution in [-0.4, -0.2) is 4.98 Å². The summed E-state index contributed by atoms with van der Waals surface area (Å²) < 4.78 is 37.8. The number of hydrogen-bond donors (Lipinski definition) is 0. The highest BCUT2D eigenvalue weighted by atomic mass is 79.9. The van der Waals surface area contributed by atoms with Gasteiger partial charge in [-0.15, -0.1) is 0 Å². The third-order valence-electron chi connectivity index (χ3n) is 2.34. The minimum atomic E-state index is -4.33. The number of halogens is 5. The van der Waals surface area contributed by atoms with Crippen LogP contribution in [0.15, 0.2) is 41.1 Å². The Kier molecular flexibility index (Phi) is 3.64. The molecule has 1 nitrogen and oxygen atoms in total. The first-order valence-corrected chi connectivity index (χ1v) is 6.04. The lowest BCUT2D eigenvalue weighted by Gasteiger charge is -2.08. The molecule has 0 aliphatic heterocycles. The lowest BCUT2D eigenvalue weighted by atomic mass is 10.1. The molecular weight excluding hydrogens is 330 g/mol. The van der Waals surface area contributed by atoms with Crippen LogP contribution in [0.25, 0.3) is 11.1 Å². The van der Waals surface area contributed by atoms with Crippen LogP contribution in [0.3, 0.4) is 0 Å². The van der Waals surface area contributed by atoms with Gasteiger partial charge in [-0.1, -0.05) is 23.7 Å². The van der Waals surface area contributed by atoms with Crippen LogP contribution in [0, 0.1) is 0 Å². The second-order valence-corrected chi connectivity index (χ2v) is 4.78. The van der Waals surface area contributed by atoms with Gasteiger partial charge in [0.25, 0.3) is 0 Å². The average molecular weight is 337 g/mol. The fourth-order valence-electron chi connectivity index (χ4n) is 1.46. The van der Waals surface area contributed by atoms with Crippen LogP contribution in [0.5, 0.6) is 0 Å². The summed E-state index contributed by atoms with van der Waals surface area (Å²) in [5.41, 5.74) is 0.494. The molecule has 0 spiro atoms. The second kappa shape index (κ2) is 4.90. The minimum absolute atomic E-state index is 0.427. The molecule has 0 fully saturated rings. The first-order chi connectivity index (χ1) is 8.38. The van der Waals surface area contributed by atoms with E-state index in [9.17, 15) is 13.2 Å². The number of benzene rings is 1. The zero-order chi connectivity index (χ0) is 13.3. The predicted octanol–water partition coefficient (Wildman–Crippen LogP) is 5.18. The molecule has 94 valence electrons. The van der Waals surface area contributed by atoms with E-state index in [2.05, 4.69) is 20.9 Å². The van der Waals surface area contributed by atoms with E-state index < -0.39 is 11.7 Å². The summed E-state index contributed by atoms with van der Waals surface area (Å²) in [6.07, 6.45) is -2.82. The molecule has 0 saturated carbocycles. The van der Waals surface area contributed by atoms with E-state index in [4.69, 9.17) is 11.6 Å². The number of nitrogens with zero attached hydrogens (tertiary/aromatic N) is 1. The van der Waals surface area contributed by atoms with Crippen molar-refractivity contribution < 1.29 is 13.2 Å². The third-order valence-corrected chi connectivity index (χ3v) is 3.09. The minimum Gasteiger partial charge on any atom is -0.249 e. The molecule has 1 aromatic carbocycles. The van der Waals surface area contributed by atoms with Crippen molar-refractivity contribution in [1.29, 1.82) is 0 Å². The van der Waals surface area contributed by atoms with Crippen molar-refractivity contribution in [3.63, 3.8) is 0 Å². The fraction of sp³-hybridized carbons (Fsp3) is 0.0833. The molecule has 6 heteroatoms. The van der Waals surface area contributed by atoms with E-state index in [1.165, 1.54) is 18.3 Å². The monoisotopic (exact) mass is 335 g/mol. The van der Waals surface area contributed by atoms with Crippen LogP contribution >= 0.6 is 27.5 Å². The van der Waals surface area contributed by atoms with E-state index in [1.807, 2.05) is 0 Å². The zero-order valence-electron chi connectivity index (χ0n) is 8.80. The smallest absolute Gasteiger partial charge is 0.249 e. The summed E-state index contributed by atoms with van der Waals surface area (Å²) in [6.45, 7) is 0. The Morgan fingerprint density at radius 1 is 1.11 bits per heavy atom. The van der Waals surface area contributed by atoms with Crippen molar-refractivity contribution in [2.75, 3.05) is 0 Å². The standard InChI is InChI=1S/C12H6BrClF3N/c13-11-5-10(14)9(6-18-11)7-1-3-8(4-2-7)12(15,16)17/h1-6H. The van der Waals surface area contributed by atoms with Gasteiger partial charge >= 0.3 is 6.18 Å². The van der Waals surface area contributed by atoms with Crippen LogP contribution in [0.2, 0.25) is 5.02 Å². The van der Waals surface area contributed by atoms with Crippen LogP contribution in [0.4, 0.5) is 13.2 Å². The van der Waals surface area contributed by atoms with E-state index in [-0.39, 0.29) is 0 Å². The Morgan fingerprint density at radius 2 is 1.72 bits per heavy atom. The lowest BCUT2D eigenvalue weighted by Crippen LogP contribution is -2.04. The molecule has 1 heterocycles. The summed E-state index contributed by atoms with van der Waals surface area (Å²) in [6, 6.07) is 6.38. The lowest BCUT2D eigenvalue weighted by molar-refractivity contribution is -0.137. The molecule has 1 aromatic heterocycles. The van der Waals surface area contributed by atoms with Gasteiger partial charge in [-0.05, 0) is 39.7 Å². The molecule has 18 heavy (non-hydrogen) atoms. The van der Waals surface area contributed by atoms with Crippen molar-refractivity contribution in [2.45, 2.75) is 6.18 Å². The molecule has 0 saturated heterocycles. The topological polar surface area (TPSA) is 12.9 Å². The molecule has 2 aromatic rings. The van der Waals surface area contributed by atoms with Crippen molar-refractivity contribution in [2.24, 2.45) is 0 Å². The van der Waals surface area contributed by atoms with Gasteiger partial charge < -0.3 is 0 Å². The maximum atomic E-state index is 12.4. The Morgan fingerprint density at radius 3 is 2.22 bits per heavy atom. The highest BCUT2D eigenvalue weighted by molar-refractivity contribution is 9.10. The van der Waals surface area contributed by atoms with Crippen molar-refractivity contribution in [3.8, 4) is 11.1 Å². The number of pyridine rings is 1. The third kappa shape index (κ3) is 2.84. The Labute approximate surface area is 115 Å². The zero-order valence-corrected chi connectivity index (χ0v) is 11.1. The summed E-state index contributed by atoms with van der Waals surface area (Å²) in [4.78, 5) is 4.00. The molecule has 0 N–H and O–H groups in total. The molecule has 0 bridgehead atoms. The quantitative estimate of drug-likeness (QED) is 0.654. The van der Waals surface area contributed by atoms with Crippen molar-refractivity contribution in [3.05, 3.63) is 51.7 Å². The molecule has 0 radical (unpaired) electrons. The number of hydrogen-bond acceptors (Lipinski definition) is 1. The van der Waals surface area contributed by atoms with Crippen LogP contribution < -0.4 is 0 Å². The first-order valence-electron chi connectivity index (χ1n) is 4.86. The maximum absolute atomic E-state index is 12.4. The molecule has 0 aliphatic rings. The van der Waals surface area contributed by atoms with Gasteiger partial charge in [0.1, 0.15) is 4.60 Å². The maximum Gasteiger partial charge on any atom is 0.416 e. The fourth-order valence-corrected chi connectivity index (χ4v) is 2.18. The largest absolute Gasteiger partial charge is 0.416 e. The van der Waals surface area contributed by atoms with E-state index in [0.717, 1.165) is 12.1 Å². The van der Waals surface area contributed by atoms with Crippen molar-refractivity contribution >= 4 is 27.5 Å². The molecular formula is C12H6BrClF3N. The van der Waals surface area contributed by atoms with Gasteiger partial charge in [-0.25, -0.2) is 4.98 Å². The van der Waals surface area contributed by atoms with Gasteiger partial charge in [0.15, 0.2) is 0 Å². The Hall–Kier alpha value is -1.07. The predicted molar refractivity (Wildman–Crippen MR) is 67.4 cm³/mol. The van der Waals surface area contributed by atoms with Gasteiger partial charge in [0.05, 0.1) is 10.6 Å². The summed E-state index contributed by atoms with van der Waals surface area (Å²) in [5.74, 6) is 0. The van der Waals surface area contributed by atoms with Crippen molar-refractivity contribution in [1.82, 2.24) is 4.98 Å². The van der Waals surface area contributed by atoms with Crippen LogP contribution in [-0.2, 0) is 6.18 Å². The normalized spacial score (nSPS) is 11.6. The summed E-state index contributed by atoms with van der Waals surface area (Å²) in [7, 11) is 0. The van der Waals surface area contributed by atoms with Gasteiger partial charge in [-0.2, -0.15) is 13.2 Å². The number of aromatic nitrogens is 1. The number of rotatable bonds is 1. The summed E-state index contributed by atoms with van der Waals surface area (Å²) in [5, 5.41) is 0.427. The highest BCUT2D eigenvalue weighted by Gasteiger charge is 2.30. The Balaban J connectivity index is 2.41. The summed E-state index contributed by atoms with van der Waals surface area (Å²) >= 11 is 9.16. The van der Waals surface area contributed by atoms with Gasteiger partial charge in [0.2, 0.25) is 0 Å². The number of alkyl halides is 3. The highest BCUT2D eigenvalue weighted by Crippen LogP contribution is 2.33. The van der Waals surface area contributed by atoms with E-state index in [1.54, 1.807) is 6.07 Å². The van der Waals surface area contributed by atoms with Crippen LogP contribution in [0.1, 0.15) is 5.56 Å². The molecule has 0 amide bonds. The van der Waals surface area contributed by atoms with Gasteiger partial charge in [-0.3, -0.25) is 0 Å². The first kappa shape index (κ1) is 13.4. The molecule has 0 unspecified atom stereocenters. The molecule has 0 atom stereocenters. The molecule has 2 rings (SSSR count). The SMILES string of the molecule is FC(F)(F)c1ccc(-c2cnc(Br)cc2Cl)cc1. The molecule has 0 aliphatic carbocycles. The van der Waals surface area contributed by atoms with E-state index >= 15 is 0 Å². The van der Waals surface area contributed by atoms with E-state index in [0.29, 0.717) is 20.8 Å². The van der Waals surface area contributed by atoms with Gasteiger partial charge in [0, 0.05) is 11.8 Å². The second-order valence-electron chi connectivity index (χ2n) is 3.56.